The fourth-order valence-electron chi connectivity index (χ4n) is 2.91. The largest absolute Gasteiger partial charge is 0.354 e. The molecule has 0 aromatic carbocycles. The molecule has 132 valence electrons. The molecular weight excluding hydrogens is 324 g/mol. The normalized spacial score (nSPS) is 17.4. The van der Waals surface area contributed by atoms with E-state index in [2.05, 4.69) is 20.4 Å². The Bertz CT molecular complexity index is 903. The monoisotopic (exact) mass is 344 g/mol. The fraction of sp³-hybridized carbons (Fsp3) is 0.438. The summed E-state index contributed by atoms with van der Waals surface area (Å²) in [5.74, 6) is 0.385. The molecule has 1 aliphatic rings. The van der Waals surface area contributed by atoms with Crippen molar-refractivity contribution < 1.29 is 4.79 Å². The van der Waals surface area contributed by atoms with Crippen molar-refractivity contribution >= 4 is 17.7 Å². The summed E-state index contributed by atoms with van der Waals surface area (Å²) in [5, 5.41) is 6.91. The summed E-state index contributed by atoms with van der Waals surface area (Å²) in [4.78, 5) is 44.1. The van der Waals surface area contributed by atoms with Gasteiger partial charge in [-0.1, -0.05) is 0 Å². The van der Waals surface area contributed by atoms with Crippen LogP contribution in [0.3, 0.4) is 0 Å². The summed E-state index contributed by atoms with van der Waals surface area (Å²) in [7, 11) is 1.60. The predicted octanol–water partition coefficient (Wildman–Crippen LogP) is 0.0271. The van der Waals surface area contributed by atoms with Crippen LogP contribution < -0.4 is 21.3 Å². The summed E-state index contributed by atoms with van der Waals surface area (Å²) in [6.45, 7) is 2.96. The van der Waals surface area contributed by atoms with Crippen molar-refractivity contribution in [2.45, 2.75) is 19.8 Å². The minimum atomic E-state index is -0.303. The average Bonchev–Trinajstić information content (AvgIpc) is 2.56. The molecule has 0 spiro atoms. The molecule has 1 unspecified atom stereocenters. The molecule has 2 N–H and O–H groups in total. The standard InChI is InChI=1S/C16H20N6O3/c1-10-8-13(23)18-16(17-10)19-15(25)11-4-3-7-22(9-11)12-5-6-14(24)21(2)20-12/h5-6,8,11H,3-4,7,9H2,1-2H3,(H2,17,18,19,23,25). The maximum absolute atomic E-state index is 12.5. The van der Waals surface area contributed by atoms with Crippen molar-refractivity contribution in [1.82, 2.24) is 19.7 Å². The van der Waals surface area contributed by atoms with Gasteiger partial charge in [-0.05, 0) is 25.8 Å². The molecule has 3 rings (SSSR count). The van der Waals surface area contributed by atoms with Gasteiger partial charge >= 0.3 is 0 Å². The van der Waals surface area contributed by atoms with Crippen LogP contribution in [0.15, 0.2) is 27.8 Å². The molecule has 0 saturated carbocycles. The van der Waals surface area contributed by atoms with E-state index in [4.69, 9.17) is 0 Å². The number of hydrogen-bond acceptors (Lipinski definition) is 6. The van der Waals surface area contributed by atoms with Gasteiger partial charge in [-0.3, -0.25) is 24.7 Å². The summed E-state index contributed by atoms with van der Waals surface area (Å²) in [5.41, 5.74) is 0.0609. The Hall–Kier alpha value is -2.97. The number of rotatable bonds is 3. The van der Waals surface area contributed by atoms with Gasteiger partial charge in [0.15, 0.2) is 0 Å². The van der Waals surface area contributed by atoms with Crippen LogP contribution >= 0.6 is 0 Å². The van der Waals surface area contributed by atoms with Gasteiger partial charge in [0, 0.05) is 38.0 Å². The fourth-order valence-corrected chi connectivity index (χ4v) is 2.91. The van der Waals surface area contributed by atoms with Gasteiger partial charge in [0.25, 0.3) is 11.1 Å². The van der Waals surface area contributed by atoms with Crippen molar-refractivity contribution in [2.24, 2.45) is 13.0 Å². The second-order valence-electron chi connectivity index (χ2n) is 6.16. The van der Waals surface area contributed by atoms with Crippen LogP contribution in [0.5, 0.6) is 0 Å². The highest BCUT2D eigenvalue weighted by atomic mass is 16.2. The number of carbonyl (C=O) groups excluding carboxylic acids is 1. The molecule has 2 aromatic heterocycles. The lowest BCUT2D eigenvalue weighted by Crippen LogP contribution is -2.42. The van der Waals surface area contributed by atoms with E-state index in [1.807, 2.05) is 4.90 Å². The average molecular weight is 344 g/mol. The van der Waals surface area contributed by atoms with Crippen molar-refractivity contribution in [1.29, 1.82) is 0 Å². The van der Waals surface area contributed by atoms with E-state index in [-0.39, 0.29) is 28.9 Å². The maximum atomic E-state index is 12.5. The lowest BCUT2D eigenvalue weighted by atomic mass is 9.97. The zero-order valence-electron chi connectivity index (χ0n) is 14.2. The number of anilines is 2. The highest BCUT2D eigenvalue weighted by Crippen LogP contribution is 2.21. The minimum absolute atomic E-state index is 0.160. The lowest BCUT2D eigenvalue weighted by molar-refractivity contribution is -0.120. The zero-order chi connectivity index (χ0) is 18.0. The molecular formula is C16H20N6O3. The number of H-pyrrole nitrogens is 1. The van der Waals surface area contributed by atoms with Crippen molar-refractivity contribution in [3.8, 4) is 0 Å². The van der Waals surface area contributed by atoms with E-state index < -0.39 is 0 Å². The topological polar surface area (TPSA) is 113 Å². The molecule has 9 heteroatoms. The van der Waals surface area contributed by atoms with E-state index in [1.54, 1.807) is 20.0 Å². The number of hydrogen-bond donors (Lipinski definition) is 2. The zero-order valence-corrected chi connectivity index (χ0v) is 14.2. The van der Waals surface area contributed by atoms with E-state index in [9.17, 15) is 14.4 Å². The van der Waals surface area contributed by atoms with Crippen LogP contribution in [0.1, 0.15) is 18.5 Å². The molecule has 1 fully saturated rings. The second kappa shape index (κ2) is 6.88. The van der Waals surface area contributed by atoms with Crippen LogP contribution in [0.2, 0.25) is 0 Å². The molecule has 1 aliphatic heterocycles. The third kappa shape index (κ3) is 3.93. The lowest BCUT2D eigenvalue weighted by Gasteiger charge is -2.32. The summed E-state index contributed by atoms with van der Waals surface area (Å²) < 4.78 is 1.28. The first-order chi connectivity index (χ1) is 11.9. The number of aromatic amines is 1. The van der Waals surface area contributed by atoms with E-state index in [0.717, 1.165) is 19.4 Å². The number of piperidine rings is 1. The molecule has 0 aliphatic carbocycles. The third-order valence-electron chi connectivity index (χ3n) is 4.17. The van der Waals surface area contributed by atoms with Crippen molar-refractivity contribution in [3.05, 3.63) is 44.6 Å². The van der Waals surface area contributed by atoms with E-state index in [1.165, 1.54) is 16.8 Å². The Kier molecular flexibility index (Phi) is 4.64. The van der Waals surface area contributed by atoms with Crippen LogP contribution in [0.4, 0.5) is 11.8 Å². The predicted molar refractivity (Wildman–Crippen MR) is 92.6 cm³/mol. The molecule has 1 atom stereocenters. The third-order valence-corrected chi connectivity index (χ3v) is 4.17. The first kappa shape index (κ1) is 16.9. The van der Waals surface area contributed by atoms with Gasteiger partial charge in [-0.2, -0.15) is 5.10 Å². The van der Waals surface area contributed by atoms with Gasteiger partial charge in [0.1, 0.15) is 5.82 Å². The van der Waals surface area contributed by atoms with Crippen molar-refractivity contribution in [2.75, 3.05) is 23.3 Å². The summed E-state index contributed by atoms with van der Waals surface area (Å²) in [6, 6.07) is 4.50. The molecule has 9 nitrogen and oxygen atoms in total. The number of carbonyl (C=O) groups is 1. The van der Waals surface area contributed by atoms with Gasteiger partial charge < -0.3 is 4.90 Å². The van der Waals surface area contributed by atoms with Gasteiger partial charge in [-0.15, -0.1) is 0 Å². The van der Waals surface area contributed by atoms with Gasteiger partial charge in [-0.25, -0.2) is 9.67 Å². The Balaban J connectivity index is 1.71. The van der Waals surface area contributed by atoms with E-state index in [0.29, 0.717) is 18.1 Å². The minimum Gasteiger partial charge on any atom is -0.354 e. The summed E-state index contributed by atoms with van der Waals surface area (Å²) in [6.07, 6.45) is 1.57. The molecule has 2 aromatic rings. The number of amides is 1. The Morgan fingerprint density at radius 2 is 2.16 bits per heavy atom. The van der Waals surface area contributed by atoms with Crippen molar-refractivity contribution in [3.63, 3.8) is 0 Å². The number of nitrogens with zero attached hydrogens (tertiary/aromatic N) is 4. The summed E-state index contributed by atoms with van der Waals surface area (Å²) >= 11 is 0. The maximum Gasteiger partial charge on any atom is 0.266 e. The second-order valence-corrected chi connectivity index (χ2v) is 6.16. The number of aromatic nitrogens is 4. The molecule has 3 heterocycles. The van der Waals surface area contributed by atoms with E-state index >= 15 is 0 Å². The van der Waals surface area contributed by atoms with Crippen LogP contribution in [0.25, 0.3) is 0 Å². The Labute approximate surface area is 143 Å². The smallest absolute Gasteiger partial charge is 0.266 e. The molecule has 1 saturated heterocycles. The van der Waals surface area contributed by atoms with Crippen LogP contribution in [-0.4, -0.2) is 38.7 Å². The highest BCUT2D eigenvalue weighted by molar-refractivity contribution is 5.91. The van der Waals surface area contributed by atoms with Gasteiger partial charge in [0.2, 0.25) is 11.9 Å². The molecule has 25 heavy (non-hydrogen) atoms. The first-order valence-electron chi connectivity index (χ1n) is 8.10. The molecule has 1 amide bonds. The van der Waals surface area contributed by atoms with Crippen LogP contribution in [-0.2, 0) is 11.8 Å². The SMILES string of the molecule is Cc1cc(=O)[nH]c(NC(=O)C2CCCN(c3ccc(=O)n(C)n3)C2)n1. The number of nitrogens with one attached hydrogen (secondary N) is 2. The first-order valence-corrected chi connectivity index (χ1v) is 8.10. The Morgan fingerprint density at radius 3 is 2.88 bits per heavy atom. The highest BCUT2D eigenvalue weighted by Gasteiger charge is 2.27. The van der Waals surface area contributed by atoms with Crippen LogP contribution in [0, 0.1) is 12.8 Å². The quantitative estimate of drug-likeness (QED) is 0.812. The Morgan fingerprint density at radius 1 is 1.36 bits per heavy atom. The van der Waals surface area contributed by atoms with Gasteiger partial charge in [0.05, 0.1) is 5.92 Å². The molecule has 0 radical (unpaired) electrons. The molecule has 0 bridgehead atoms. The number of aryl methyl sites for hydroxylation is 2.